The van der Waals surface area contributed by atoms with E-state index in [9.17, 15) is 0 Å². The van der Waals surface area contributed by atoms with Crippen LogP contribution < -0.4 is 10.1 Å². The molecule has 1 aliphatic heterocycles. The van der Waals surface area contributed by atoms with E-state index < -0.39 is 0 Å². The summed E-state index contributed by atoms with van der Waals surface area (Å²) in [6.45, 7) is 3.05. The third-order valence-corrected chi connectivity index (χ3v) is 4.40. The fraction of sp³-hybridized carbons (Fsp3) is 0.667. The first-order chi connectivity index (χ1) is 8.36. The summed E-state index contributed by atoms with van der Waals surface area (Å²) >= 11 is 2.02. The lowest BCUT2D eigenvalue weighted by Gasteiger charge is -2.23. The molecule has 0 aromatic carbocycles. The molecule has 2 heterocycles. The zero-order chi connectivity index (χ0) is 12.1. The van der Waals surface area contributed by atoms with Crippen LogP contribution in [0.3, 0.4) is 0 Å². The molecule has 0 aliphatic carbocycles. The SMILES string of the molecule is CCNC(c1nccnc1OC)C1CCCS1. The molecule has 0 amide bonds. The second-order valence-corrected chi connectivity index (χ2v) is 5.38. The Bertz CT molecular complexity index is 355. The Hall–Kier alpha value is -0.810. The van der Waals surface area contributed by atoms with Crippen LogP contribution in [0.25, 0.3) is 0 Å². The van der Waals surface area contributed by atoms with Crippen LogP contribution in [0, 0.1) is 0 Å². The normalized spacial score (nSPS) is 21.4. The summed E-state index contributed by atoms with van der Waals surface area (Å²) < 4.78 is 5.31. The zero-order valence-corrected chi connectivity index (χ0v) is 11.2. The van der Waals surface area contributed by atoms with Crippen LogP contribution in [0.15, 0.2) is 12.4 Å². The highest BCUT2D eigenvalue weighted by molar-refractivity contribution is 8.00. The Morgan fingerprint density at radius 2 is 2.35 bits per heavy atom. The topological polar surface area (TPSA) is 47.0 Å². The van der Waals surface area contributed by atoms with Gasteiger partial charge in [-0.05, 0) is 25.1 Å². The minimum absolute atomic E-state index is 0.246. The van der Waals surface area contributed by atoms with Crippen molar-refractivity contribution in [3.8, 4) is 5.88 Å². The Kier molecular flexibility index (Phi) is 4.62. The molecule has 0 saturated carbocycles. The average molecular weight is 253 g/mol. The van der Waals surface area contributed by atoms with E-state index in [0.717, 1.165) is 12.2 Å². The highest BCUT2D eigenvalue weighted by Gasteiger charge is 2.29. The van der Waals surface area contributed by atoms with Crippen molar-refractivity contribution in [1.29, 1.82) is 0 Å². The van der Waals surface area contributed by atoms with Crippen molar-refractivity contribution in [3.63, 3.8) is 0 Å². The van der Waals surface area contributed by atoms with Crippen molar-refractivity contribution in [2.24, 2.45) is 0 Å². The Balaban J connectivity index is 2.24. The van der Waals surface area contributed by atoms with E-state index in [1.54, 1.807) is 19.5 Å². The number of methoxy groups -OCH3 is 1. The first-order valence-electron chi connectivity index (χ1n) is 6.06. The lowest BCUT2D eigenvalue weighted by Crippen LogP contribution is -2.30. The predicted octanol–water partition coefficient (Wildman–Crippen LogP) is 2.03. The van der Waals surface area contributed by atoms with Gasteiger partial charge in [0.25, 0.3) is 0 Å². The van der Waals surface area contributed by atoms with Crippen LogP contribution in [0.2, 0.25) is 0 Å². The van der Waals surface area contributed by atoms with Crippen molar-refractivity contribution in [1.82, 2.24) is 15.3 Å². The molecule has 1 aromatic rings. The standard InChI is InChI=1S/C12H19N3OS/c1-3-13-10(9-5-4-8-17-9)11-12(16-2)15-7-6-14-11/h6-7,9-10,13H,3-5,8H2,1-2H3. The first-order valence-corrected chi connectivity index (χ1v) is 7.11. The molecule has 2 rings (SSSR count). The van der Waals surface area contributed by atoms with Gasteiger partial charge in [0.15, 0.2) is 0 Å². The highest BCUT2D eigenvalue weighted by Crippen LogP contribution is 2.37. The third-order valence-electron chi connectivity index (χ3n) is 2.94. The molecule has 0 spiro atoms. The molecule has 2 atom stereocenters. The molecule has 0 bridgehead atoms. The van der Waals surface area contributed by atoms with E-state index in [2.05, 4.69) is 22.2 Å². The maximum Gasteiger partial charge on any atom is 0.237 e. The second-order valence-electron chi connectivity index (χ2n) is 4.04. The smallest absolute Gasteiger partial charge is 0.237 e. The second kappa shape index (κ2) is 6.21. The largest absolute Gasteiger partial charge is 0.480 e. The van der Waals surface area contributed by atoms with E-state index in [4.69, 9.17) is 4.74 Å². The number of hydrogen-bond donors (Lipinski definition) is 1. The fourth-order valence-electron chi connectivity index (χ4n) is 2.20. The minimum Gasteiger partial charge on any atom is -0.480 e. The zero-order valence-electron chi connectivity index (χ0n) is 10.3. The molecule has 1 N–H and O–H groups in total. The number of rotatable bonds is 5. The van der Waals surface area contributed by atoms with Crippen LogP contribution in [-0.4, -0.2) is 34.6 Å². The van der Waals surface area contributed by atoms with Crippen LogP contribution in [0.1, 0.15) is 31.5 Å². The predicted molar refractivity (Wildman–Crippen MR) is 70.5 cm³/mol. The summed E-state index contributed by atoms with van der Waals surface area (Å²) in [6, 6.07) is 0.246. The summed E-state index contributed by atoms with van der Waals surface area (Å²) in [6.07, 6.45) is 5.94. The summed E-state index contributed by atoms with van der Waals surface area (Å²) in [5.41, 5.74) is 0.941. The van der Waals surface area contributed by atoms with E-state index in [1.165, 1.54) is 18.6 Å². The summed E-state index contributed by atoms with van der Waals surface area (Å²) in [4.78, 5) is 8.69. The van der Waals surface area contributed by atoms with Crippen molar-refractivity contribution < 1.29 is 4.74 Å². The van der Waals surface area contributed by atoms with Crippen molar-refractivity contribution >= 4 is 11.8 Å². The lowest BCUT2D eigenvalue weighted by atomic mass is 10.1. The number of ether oxygens (including phenoxy) is 1. The molecule has 4 nitrogen and oxygen atoms in total. The van der Waals surface area contributed by atoms with Crippen LogP contribution in [0.5, 0.6) is 5.88 Å². The van der Waals surface area contributed by atoms with Gasteiger partial charge in [-0.3, -0.25) is 4.98 Å². The molecular formula is C12H19N3OS. The van der Waals surface area contributed by atoms with Gasteiger partial charge in [0, 0.05) is 17.6 Å². The number of aromatic nitrogens is 2. The van der Waals surface area contributed by atoms with Crippen molar-refractivity contribution in [2.75, 3.05) is 19.4 Å². The molecule has 1 aromatic heterocycles. The Morgan fingerprint density at radius 1 is 1.53 bits per heavy atom. The number of nitrogens with zero attached hydrogens (tertiary/aromatic N) is 2. The van der Waals surface area contributed by atoms with Gasteiger partial charge >= 0.3 is 0 Å². The molecule has 17 heavy (non-hydrogen) atoms. The van der Waals surface area contributed by atoms with Gasteiger partial charge in [-0.15, -0.1) is 0 Å². The number of hydrogen-bond acceptors (Lipinski definition) is 5. The van der Waals surface area contributed by atoms with Gasteiger partial charge in [0.1, 0.15) is 5.69 Å². The Morgan fingerprint density at radius 3 is 3.00 bits per heavy atom. The van der Waals surface area contributed by atoms with Crippen LogP contribution >= 0.6 is 11.8 Å². The monoisotopic (exact) mass is 253 g/mol. The van der Waals surface area contributed by atoms with Crippen molar-refractivity contribution in [2.45, 2.75) is 31.1 Å². The van der Waals surface area contributed by atoms with E-state index in [1.807, 2.05) is 11.8 Å². The fourth-order valence-corrected chi connectivity index (χ4v) is 3.58. The molecule has 2 unspecified atom stereocenters. The van der Waals surface area contributed by atoms with E-state index >= 15 is 0 Å². The summed E-state index contributed by atoms with van der Waals surface area (Å²) in [5, 5.41) is 4.10. The molecule has 5 heteroatoms. The molecule has 0 radical (unpaired) electrons. The number of nitrogens with one attached hydrogen (secondary N) is 1. The number of thioether (sulfide) groups is 1. The molecular weight excluding hydrogens is 234 g/mol. The maximum absolute atomic E-state index is 5.31. The van der Waals surface area contributed by atoms with Crippen molar-refractivity contribution in [3.05, 3.63) is 18.1 Å². The first kappa shape index (κ1) is 12.6. The van der Waals surface area contributed by atoms with E-state index in [0.29, 0.717) is 11.1 Å². The average Bonchev–Trinajstić information content (AvgIpc) is 2.89. The van der Waals surface area contributed by atoms with Gasteiger partial charge in [-0.2, -0.15) is 11.8 Å². The molecule has 1 saturated heterocycles. The van der Waals surface area contributed by atoms with Gasteiger partial charge in [0.2, 0.25) is 5.88 Å². The highest BCUT2D eigenvalue weighted by atomic mass is 32.2. The molecule has 1 aliphatic rings. The van der Waals surface area contributed by atoms with E-state index in [-0.39, 0.29) is 6.04 Å². The van der Waals surface area contributed by atoms with Gasteiger partial charge < -0.3 is 10.1 Å². The molecule has 94 valence electrons. The maximum atomic E-state index is 5.31. The van der Waals surface area contributed by atoms with Gasteiger partial charge in [0.05, 0.1) is 13.2 Å². The summed E-state index contributed by atoms with van der Waals surface area (Å²) in [5.74, 6) is 1.89. The summed E-state index contributed by atoms with van der Waals surface area (Å²) in [7, 11) is 1.65. The minimum atomic E-state index is 0.246. The van der Waals surface area contributed by atoms with Gasteiger partial charge in [-0.25, -0.2) is 4.98 Å². The van der Waals surface area contributed by atoms with Gasteiger partial charge in [-0.1, -0.05) is 6.92 Å². The third kappa shape index (κ3) is 2.90. The van der Waals surface area contributed by atoms with Crippen LogP contribution in [0.4, 0.5) is 0 Å². The Labute approximate surface area is 107 Å². The van der Waals surface area contributed by atoms with Crippen LogP contribution in [-0.2, 0) is 0 Å². The molecule has 1 fully saturated rings. The lowest BCUT2D eigenvalue weighted by molar-refractivity contribution is 0.375. The quantitative estimate of drug-likeness (QED) is 0.870.